The van der Waals surface area contributed by atoms with Crippen LogP contribution < -0.4 is 4.90 Å². The lowest BCUT2D eigenvalue weighted by Gasteiger charge is -2.36. The third-order valence-electron chi connectivity index (χ3n) is 3.02. The van der Waals surface area contributed by atoms with Gasteiger partial charge in [0.05, 0.1) is 4.90 Å². The predicted octanol–water partition coefficient (Wildman–Crippen LogP) is 3.29. The Balaban J connectivity index is 3.08. The molecule has 0 aromatic heterocycles. The Morgan fingerprint density at radius 2 is 1.74 bits per heavy atom. The molecule has 1 rings (SSSR count). The zero-order valence-electron chi connectivity index (χ0n) is 10.9. The summed E-state index contributed by atoms with van der Waals surface area (Å²) in [4.78, 5) is 1.58. The third kappa shape index (κ3) is 3.45. The lowest BCUT2D eigenvalue weighted by Crippen LogP contribution is -2.42. The topological polar surface area (TPSA) is 37.4 Å². The Labute approximate surface area is 120 Å². The van der Waals surface area contributed by atoms with Gasteiger partial charge < -0.3 is 4.90 Å². The molecule has 0 aliphatic carbocycles. The summed E-state index contributed by atoms with van der Waals surface area (Å²) >= 11 is 3.40. The van der Waals surface area contributed by atoms with Crippen molar-refractivity contribution in [2.24, 2.45) is 0 Å². The van der Waals surface area contributed by atoms with Crippen LogP contribution >= 0.6 is 15.9 Å². The van der Waals surface area contributed by atoms with Crippen LogP contribution in [0.3, 0.4) is 0 Å². The van der Waals surface area contributed by atoms with Crippen LogP contribution in [0.5, 0.6) is 0 Å². The van der Waals surface area contributed by atoms with Gasteiger partial charge in [0.15, 0.2) is 0 Å². The SMILES string of the molecule is CN(c1ccc(S(=O)(=O)C(F)F)cc1)C(C)(C)CBr. The van der Waals surface area contributed by atoms with Crippen molar-refractivity contribution in [3.8, 4) is 0 Å². The van der Waals surface area contributed by atoms with Crippen LogP contribution in [0.4, 0.5) is 14.5 Å². The van der Waals surface area contributed by atoms with E-state index in [1.54, 1.807) is 0 Å². The van der Waals surface area contributed by atoms with Crippen molar-refractivity contribution in [2.45, 2.75) is 30.0 Å². The highest BCUT2D eigenvalue weighted by atomic mass is 79.9. The van der Waals surface area contributed by atoms with Gasteiger partial charge in [0.1, 0.15) is 0 Å². The molecule has 0 unspecified atom stereocenters. The van der Waals surface area contributed by atoms with Gasteiger partial charge in [0.2, 0.25) is 9.84 Å². The highest BCUT2D eigenvalue weighted by Crippen LogP contribution is 2.26. The second kappa shape index (κ2) is 5.75. The Hall–Kier alpha value is -0.690. The first kappa shape index (κ1) is 16.4. The molecule has 0 fully saturated rings. The number of alkyl halides is 3. The first-order valence-corrected chi connectivity index (χ1v) is 8.21. The summed E-state index contributed by atoms with van der Waals surface area (Å²) < 4.78 is 47.4. The lowest BCUT2D eigenvalue weighted by atomic mass is 10.1. The molecule has 7 heteroatoms. The van der Waals surface area contributed by atoms with Crippen LogP contribution in [0.2, 0.25) is 0 Å². The van der Waals surface area contributed by atoms with E-state index in [0.29, 0.717) is 5.33 Å². The molecule has 0 N–H and O–H groups in total. The molecule has 108 valence electrons. The molecule has 0 radical (unpaired) electrons. The van der Waals surface area contributed by atoms with Crippen molar-refractivity contribution in [1.82, 2.24) is 0 Å². The van der Waals surface area contributed by atoms with Crippen molar-refractivity contribution >= 4 is 31.5 Å². The smallest absolute Gasteiger partial charge is 0.341 e. The number of anilines is 1. The summed E-state index contributed by atoms with van der Waals surface area (Å²) in [5, 5.41) is 0.716. The Morgan fingerprint density at radius 1 is 1.26 bits per heavy atom. The molecule has 0 saturated heterocycles. The molecular weight excluding hydrogens is 340 g/mol. The fourth-order valence-electron chi connectivity index (χ4n) is 1.40. The van der Waals surface area contributed by atoms with Gasteiger partial charge in [0, 0.05) is 23.6 Å². The van der Waals surface area contributed by atoms with Crippen LogP contribution in [0.15, 0.2) is 29.2 Å². The maximum Gasteiger partial charge on any atom is 0.341 e. The average molecular weight is 356 g/mol. The van der Waals surface area contributed by atoms with Gasteiger partial charge in [-0.2, -0.15) is 8.78 Å². The standard InChI is InChI=1S/C12H16BrF2NO2S/c1-12(2,8-13)16(3)9-4-6-10(7-5-9)19(17,18)11(14)15/h4-7,11H,8H2,1-3H3. The Bertz CT molecular complexity index is 529. The molecule has 1 aromatic rings. The van der Waals surface area contributed by atoms with E-state index in [2.05, 4.69) is 15.9 Å². The predicted molar refractivity (Wildman–Crippen MR) is 75.9 cm³/mol. The minimum Gasteiger partial charge on any atom is -0.369 e. The van der Waals surface area contributed by atoms with E-state index in [9.17, 15) is 17.2 Å². The van der Waals surface area contributed by atoms with Gasteiger partial charge in [-0.15, -0.1) is 0 Å². The average Bonchev–Trinajstić information content (AvgIpc) is 2.37. The van der Waals surface area contributed by atoms with Crippen LogP contribution in [-0.4, -0.2) is 32.1 Å². The first-order chi connectivity index (χ1) is 8.63. The number of benzene rings is 1. The van der Waals surface area contributed by atoms with E-state index in [1.807, 2.05) is 25.8 Å². The normalized spacial score (nSPS) is 12.8. The van der Waals surface area contributed by atoms with E-state index in [4.69, 9.17) is 0 Å². The number of hydrogen-bond donors (Lipinski definition) is 0. The summed E-state index contributed by atoms with van der Waals surface area (Å²) in [6.07, 6.45) is 0. The quantitative estimate of drug-likeness (QED) is 0.760. The summed E-state index contributed by atoms with van der Waals surface area (Å²) in [5.74, 6) is -3.39. The lowest BCUT2D eigenvalue weighted by molar-refractivity contribution is 0.234. The molecular formula is C12H16BrF2NO2S. The molecule has 19 heavy (non-hydrogen) atoms. The van der Waals surface area contributed by atoms with E-state index in [0.717, 1.165) is 5.69 Å². The van der Waals surface area contributed by atoms with Gasteiger partial charge in [0.25, 0.3) is 0 Å². The van der Waals surface area contributed by atoms with Crippen LogP contribution in [0.1, 0.15) is 13.8 Å². The van der Waals surface area contributed by atoms with Crippen LogP contribution in [0.25, 0.3) is 0 Å². The highest BCUT2D eigenvalue weighted by molar-refractivity contribution is 9.09. The number of sulfone groups is 1. The Morgan fingerprint density at radius 3 is 2.11 bits per heavy atom. The first-order valence-electron chi connectivity index (χ1n) is 5.55. The van der Waals surface area contributed by atoms with Crippen molar-refractivity contribution in [3.05, 3.63) is 24.3 Å². The number of halogens is 3. The van der Waals surface area contributed by atoms with E-state index in [1.165, 1.54) is 24.3 Å². The molecule has 1 aromatic carbocycles. The maximum atomic E-state index is 12.4. The van der Waals surface area contributed by atoms with Crippen molar-refractivity contribution in [3.63, 3.8) is 0 Å². The van der Waals surface area contributed by atoms with Gasteiger partial charge in [-0.05, 0) is 38.1 Å². The number of rotatable bonds is 5. The van der Waals surface area contributed by atoms with E-state index < -0.39 is 15.6 Å². The monoisotopic (exact) mass is 355 g/mol. The molecule has 0 aliphatic rings. The van der Waals surface area contributed by atoms with E-state index >= 15 is 0 Å². The summed E-state index contributed by atoms with van der Waals surface area (Å²) in [7, 11) is -2.66. The number of hydrogen-bond acceptors (Lipinski definition) is 3. The second-order valence-corrected chi connectivity index (χ2v) is 7.28. The number of nitrogens with zero attached hydrogens (tertiary/aromatic N) is 1. The van der Waals surface area contributed by atoms with Crippen molar-refractivity contribution in [1.29, 1.82) is 0 Å². The summed E-state index contributed by atoms with van der Waals surface area (Å²) in [6, 6.07) is 5.47. The maximum absolute atomic E-state index is 12.4. The largest absolute Gasteiger partial charge is 0.369 e. The molecule has 0 spiro atoms. The minimum atomic E-state index is -4.52. The minimum absolute atomic E-state index is 0.177. The molecule has 0 saturated carbocycles. The molecule has 0 heterocycles. The zero-order chi connectivity index (χ0) is 14.8. The molecule has 0 atom stereocenters. The van der Waals surface area contributed by atoms with Crippen molar-refractivity contribution in [2.75, 3.05) is 17.3 Å². The van der Waals surface area contributed by atoms with Crippen LogP contribution in [0, 0.1) is 0 Å². The molecule has 0 aliphatic heterocycles. The highest BCUT2D eigenvalue weighted by Gasteiger charge is 2.27. The third-order valence-corrected chi connectivity index (χ3v) is 5.79. The van der Waals surface area contributed by atoms with Gasteiger partial charge in [-0.1, -0.05) is 15.9 Å². The molecule has 0 amide bonds. The van der Waals surface area contributed by atoms with Crippen LogP contribution in [-0.2, 0) is 9.84 Å². The summed E-state index contributed by atoms with van der Waals surface area (Å²) in [5.41, 5.74) is 0.584. The van der Waals surface area contributed by atoms with E-state index in [-0.39, 0.29) is 10.4 Å². The summed E-state index contributed by atoms with van der Waals surface area (Å²) in [6.45, 7) is 4.01. The molecule has 3 nitrogen and oxygen atoms in total. The molecule has 0 bridgehead atoms. The van der Waals surface area contributed by atoms with Gasteiger partial charge in [-0.25, -0.2) is 8.42 Å². The van der Waals surface area contributed by atoms with Gasteiger partial charge >= 0.3 is 5.76 Å². The fraction of sp³-hybridized carbons (Fsp3) is 0.500. The fourth-order valence-corrected chi connectivity index (χ4v) is 2.50. The zero-order valence-corrected chi connectivity index (χ0v) is 13.3. The Kier molecular flexibility index (Phi) is 4.95. The van der Waals surface area contributed by atoms with Crippen molar-refractivity contribution < 1.29 is 17.2 Å². The van der Waals surface area contributed by atoms with Gasteiger partial charge in [-0.3, -0.25) is 0 Å². The second-order valence-electron chi connectivity index (χ2n) is 4.80.